The molecule has 1 N–H and O–H groups in total. The highest BCUT2D eigenvalue weighted by molar-refractivity contribution is 6.30. The van der Waals surface area contributed by atoms with E-state index in [0.29, 0.717) is 11.6 Å². The zero-order valence-electron chi connectivity index (χ0n) is 10.1. The summed E-state index contributed by atoms with van der Waals surface area (Å²) in [5.41, 5.74) is 0.950. The molecule has 0 aromatic heterocycles. The summed E-state index contributed by atoms with van der Waals surface area (Å²) in [5, 5.41) is 9.72. The predicted octanol–water partition coefficient (Wildman–Crippen LogP) is 2.19. The first-order valence-corrected chi connectivity index (χ1v) is 6.40. The van der Waals surface area contributed by atoms with Gasteiger partial charge in [-0.2, -0.15) is 0 Å². The molecule has 2 rings (SSSR count). The van der Waals surface area contributed by atoms with Crippen LogP contribution in [0.4, 0.5) is 0 Å². The number of halogens is 1. The Hall–Kier alpha value is -1.32. The van der Waals surface area contributed by atoms with E-state index in [1.807, 2.05) is 12.1 Å². The average Bonchev–Trinajstić information content (AvgIpc) is 2.86. The Morgan fingerprint density at radius 1 is 1.44 bits per heavy atom. The third-order valence-corrected chi connectivity index (χ3v) is 3.40. The van der Waals surface area contributed by atoms with Gasteiger partial charge in [-0.05, 0) is 30.2 Å². The van der Waals surface area contributed by atoms with Crippen LogP contribution in [-0.2, 0) is 4.79 Å². The molecule has 1 aromatic carbocycles. The van der Waals surface area contributed by atoms with Crippen LogP contribution in [0.25, 0.3) is 6.08 Å². The fraction of sp³-hybridized carbons (Fsp3) is 0.357. The van der Waals surface area contributed by atoms with Crippen molar-refractivity contribution >= 4 is 23.6 Å². The Kier molecular flexibility index (Phi) is 4.39. The molecule has 1 unspecified atom stereocenters. The first-order chi connectivity index (χ1) is 8.69. The number of benzene rings is 1. The van der Waals surface area contributed by atoms with Gasteiger partial charge in [-0.1, -0.05) is 23.7 Å². The van der Waals surface area contributed by atoms with Crippen LogP contribution < -0.4 is 0 Å². The van der Waals surface area contributed by atoms with Gasteiger partial charge in [0, 0.05) is 36.7 Å². The molecule has 18 heavy (non-hydrogen) atoms. The van der Waals surface area contributed by atoms with Crippen LogP contribution in [0.2, 0.25) is 5.02 Å². The lowest BCUT2D eigenvalue weighted by Gasteiger charge is -2.13. The summed E-state index contributed by atoms with van der Waals surface area (Å²) in [4.78, 5) is 13.6. The van der Waals surface area contributed by atoms with Gasteiger partial charge in [0.1, 0.15) is 0 Å². The molecular formula is C14H16ClNO2. The van der Waals surface area contributed by atoms with Crippen molar-refractivity contribution in [3.63, 3.8) is 0 Å². The SMILES string of the molecule is O=C(C=Cc1ccc(Cl)cc1)N1CCC(CO)C1. The molecule has 4 heteroatoms. The minimum absolute atomic E-state index is 0.000833. The molecule has 1 aliphatic rings. The summed E-state index contributed by atoms with van der Waals surface area (Å²) in [6, 6.07) is 7.33. The summed E-state index contributed by atoms with van der Waals surface area (Å²) in [6.07, 6.45) is 4.24. The van der Waals surface area contributed by atoms with Crippen molar-refractivity contribution in [3.8, 4) is 0 Å². The largest absolute Gasteiger partial charge is 0.396 e. The molecule has 3 nitrogen and oxygen atoms in total. The molecule has 1 aromatic rings. The average molecular weight is 266 g/mol. The van der Waals surface area contributed by atoms with Crippen molar-refractivity contribution in [1.29, 1.82) is 0 Å². The number of nitrogens with zero attached hydrogens (tertiary/aromatic N) is 1. The number of likely N-dealkylation sites (tertiary alicyclic amines) is 1. The number of rotatable bonds is 3. The Morgan fingerprint density at radius 2 is 2.17 bits per heavy atom. The number of hydrogen-bond acceptors (Lipinski definition) is 2. The fourth-order valence-electron chi connectivity index (χ4n) is 2.03. The minimum atomic E-state index is 0.000833. The zero-order chi connectivity index (χ0) is 13.0. The van der Waals surface area contributed by atoms with Gasteiger partial charge in [-0.15, -0.1) is 0 Å². The molecule has 1 amide bonds. The van der Waals surface area contributed by atoms with Crippen molar-refractivity contribution in [1.82, 2.24) is 4.90 Å². The number of amides is 1. The van der Waals surface area contributed by atoms with Crippen molar-refractivity contribution in [2.45, 2.75) is 6.42 Å². The summed E-state index contributed by atoms with van der Waals surface area (Å²) in [7, 11) is 0. The van der Waals surface area contributed by atoms with Crippen molar-refractivity contribution < 1.29 is 9.90 Å². The standard InChI is InChI=1S/C14H16ClNO2/c15-13-4-1-11(2-5-13)3-6-14(18)16-8-7-12(9-16)10-17/h1-6,12,17H,7-10H2. The summed E-state index contributed by atoms with van der Waals surface area (Å²) >= 11 is 5.79. The minimum Gasteiger partial charge on any atom is -0.396 e. The van der Waals surface area contributed by atoms with E-state index in [2.05, 4.69) is 0 Å². The van der Waals surface area contributed by atoms with E-state index in [0.717, 1.165) is 18.5 Å². The van der Waals surface area contributed by atoms with E-state index >= 15 is 0 Å². The predicted molar refractivity (Wildman–Crippen MR) is 72.3 cm³/mol. The molecular weight excluding hydrogens is 250 g/mol. The Labute approximate surface area is 112 Å². The van der Waals surface area contributed by atoms with Crippen molar-refractivity contribution in [3.05, 3.63) is 40.9 Å². The van der Waals surface area contributed by atoms with Crippen LogP contribution in [0.3, 0.4) is 0 Å². The van der Waals surface area contributed by atoms with Gasteiger partial charge in [0.2, 0.25) is 5.91 Å². The van der Waals surface area contributed by atoms with E-state index in [1.54, 1.807) is 29.2 Å². The van der Waals surface area contributed by atoms with E-state index in [-0.39, 0.29) is 18.4 Å². The highest BCUT2D eigenvalue weighted by atomic mass is 35.5. The van der Waals surface area contributed by atoms with Crippen LogP contribution in [0.5, 0.6) is 0 Å². The fourth-order valence-corrected chi connectivity index (χ4v) is 2.15. The maximum Gasteiger partial charge on any atom is 0.246 e. The van der Waals surface area contributed by atoms with E-state index in [4.69, 9.17) is 16.7 Å². The van der Waals surface area contributed by atoms with Gasteiger partial charge in [0.15, 0.2) is 0 Å². The third-order valence-electron chi connectivity index (χ3n) is 3.14. The highest BCUT2D eigenvalue weighted by Crippen LogP contribution is 2.16. The first kappa shape index (κ1) is 13.1. The lowest BCUT2D eigenvalue weighted by molar-refractivity contribution is -0.125. The van der Waals surface area contributed by atoms with Crippen LogP contribution in [0.1, 0.15) is 12.0 Å². The Morgan fingerprint density at radius 3 is 2.78 bits per heavy atom. The Balaban J connectivity index is 1.93. The molecule has 0 saturated carbocycles. The number of aliphatic hydroxyl groups excluding tert-OH is 1. The lowest BCUT2D eigenvalue weighted by Crippen LogP contribution is -2.27. The van der Waals surface area contributed by atoms with E-state index < -0.39 is 0 Å². The number of carbonyl (C=O) groups excluding carboxylic acids is 1. The number of carbonyl (C=O) groups is 1. The molecule has 1 heterocycles. The second kappa shape index (κ2) is 6.03. The highest BCUT2D eigenvalue weighted by Gasteiger charge is 2.23. The van der Waals surface area contributed by atoms with Crippen molar-refractivity contribution in [2.75, 3.05) is 19.7 Å². The van der Waals surface area contributed by atoms with Gasteiger partial charge in [0.25, 0.3) is 0 Å². The maximum atomic E-state index is 11.9. The molecule has 96 valence electrons. The molecule has 1 aliphatic heterocycles. The quantitative estimate of drug-likeness (QED) is 0.851. The Bertz CT molecular complexity index is 442. The van der Waals surface area contributed by atoms with Crippen LogP contribution >= 0.6 is 11.6 Å². The molecule has 0 aliphatic carbocycles. The molecule has 1 saturated heterocycles. The zero-order valence-corrected chi connectivity index (χ0v) is 10.8. The molecule has 0 bridgehead atoms. The summed E-state index contributed by atoms with van der Waals surface area (Å²) in [6.45, 7) is 1.54. The normalized spacial score (nSPS) is 19.7. The van der Waals surface area contributed by atoms with Gasteiger partial charge in [-0.25, -0.2) is 0 Å². The monoisotopic (exact) mass is 265 g/mol. The van der Waals surface area contributed by atoms with E-state index in [9.17, 15) is 4.79 Å². The molecule has 0 spiro atoms. The number of hydrogen-bond donors (Lipinski definition) is 1. The van der Waals surface area contributed by atoms with Crippen LogP contribution in [0.15, 0.2) is 30.3 Å². The molecule has 0 radical (unpaired) electrons. The van der Waals surface area contributed by atoms with E-state index in [1.165, 1.54) is 0 Å². The van der Waals surface area contributed by atoms with Crippen LogP contribution in [-0.4, -0.2) is 35.6 Å². The van der Waals surface area contributed by atoms with Gasteiger partial charge >= 0.3 is 0 Å². The van der Waals surface area contributed by atoms with Crippen LogP contribution in [0, 0.1) is 5.92 Å². The lowest BCUT2D eigenvalue weighted by atomic mass is 10.1. The molecule has 1 atom stereocenters. The van der Waals surface area contributed by atoms with Gasteiger partial charge < -0.3 is 10.0 Å². The number of aliphatic hydroxyl groups is 1. The summed E-state index contributed by atoms with van der Waals surface area (Å²) in [5.74, 6) is 0.235. The smallest absolute Gasteiger partial charge is 0.246 e. The maximum absolute atomic E-state index is 11.9. The molecule has 1 fully saturated rings. The van der Waals surface area contributed by atoms with Crippen molar-refractivity contribution in [2.24, 2.45) is 5.92 Å². The van der Waals surface area contributed by atoms with Gasteiger partial charge in [-0.3, -0.25) is 4.79 Å². The first-order valence-electron chi connectivity index (χ1n) is 6.02. The topological polar surface area (TPSA) is 40.5 Å². The second-order valence-corrected chi connectivity index (χ2v) is 4.94. The summed E-state index contributed by atoms with van der Waals surface area (Å²) < 4.78 is 0. The van der Waals surface area contributed by atoms with Gasteiger partial charge in [0.05, 0.1) is 0 Å². The second-order valence-electron chi connectivity index (χ2n) is 4.51. The third kappa shape index (κ3) is 3.34.